The summed E-state index contributed by atoms with van der Waals surface area (Å²) in [6, 6.07) is 12.5. The van der Waals surface area contributed by atoms with Crippen LogP contribution in [0.25, 0.3) is 16.9 Å². The fourth-order valence-corrected chi connectivity index (χ4v) is 5.22. The highest BCUT2D eigenvalue weighted by molar-refractivity contribution is 7.90. The molecule has 2 aromatic carbocycles. The first-order valence-corrected chi connectivity index (χ1v) is 14.8. The Hall–Kier alpha value is -4.67. The second-order valence-electron chi connectivity index (χ2n) is 10.3. The van der Waals surface area contributed by atoms with Crippen molar-refractivity contribution in [3.05, 3.63) is 71.1 Å². The quantitative estimate of drug-likeness (QED) is 0.0867. The summed E-state index contributed by atoms with van der Waals surface area (Å²) < 4.78 is 74.1. The summed E-state index contributed by atoms with van der Waals surface area (Å²) in [6.07, 6.45) is -4.57. The number of alkyl halides is 3. The van der Waals surface area contributed by atoms with Crippen molar-refractivity contribution in [3.8, 4) is 16.9 Å². The molecule has 0 saturated carbocycles. The van der Waals surface area contributed by atoms with Crippen molar-refractivity contribution in [3.63, 3.8) is 0 Å². The Labute approximate surface area is 250 Å². The molecule has 0 spiro atoms. The van der Waals surface area contributed by atoms with Gasteiger partial charge in [-0.3, -0.25) is 9.59 Å². The van der Waals surface area contributed by atoms with Crippen molar-refractivity contribution in [2.75, 3.05) is 19.9 Å². The lowest BCUT2D eigenvalue weighted by molar-refractivity contribution is -0.708. The highest BCUT2D eigenvalue weighted by Gasteiger charge is 2.36. The molecule has 0 aliphatic carbocycles. The number of halogens is 3. The molecule has 0 radical (unpaired) electrons. The first-order chi connectivity index (χ1) is 20.7. The van der Waals surface area contributed by atoms with Gasteiger partial charge in [0.1, 0.15) is 0 Å². The third-order valence-corrected chi connectivity index (χ3v) is 7.97. The molecular formula is C27H29F3N6O7S. The van der Waals surface area contributed by atoms with Gasteiger partial charge in [-0.2, -0.15) is 18.3 Å². The number of rotatable bonds is 10. The van der Waals surface area contributed by atoms with Crippen LogP contribution >= 0.6 is 0 Å². The van der Waals surface area contributed by atoms with Crippen LogP contribution in [0.2, 0.25) is 0 Å². The molecule has 1 saturated heterocycles. The number of ether oxygens (including phenoxy) is 1. The van der Waals surface area contributed by atoms with Crippen LogP contribution in [0.4, 0.5) is 13.2 Å². The fourth-order valence-electron chi connectivity index (χ4n) is 4.17. The minimum absolute atomic E-state index is 0.0715. The largest absolute Gasteiger partial charge is 0.569 e. The van der Waals surface area contributed by atoms with Gasteiger partial charge in [-0.25, -0.2) is 17.8 Å². The maximum absolute atomic E-state index is 13.5. The SMILES string of the molecule is Cc1ccc(-c2cc(C(F)(F)F)nn2-c2ccc(S(=O)(=O)NC(=O)C3CCN(/[N+]([O-])=N/OCOC(=O)C(C)C)C3)cc2)cc1. The van der Waals surface area contributed by atoms with Gasteiger partial charge in [-0.1, -0.05) is 43.7 Å². The molecule has 17 heteroatoms. The average Bonchev–Trinajstić information content (AvgIpc) is 3.64. The Morgan fingerprint density at radius 3 is 2.43 bits per heavy atom. The third-order valence-electron chi connectivity index (χ3n) is 6.61. The van der Waals surface area contributed by atoms with Crippen LogP contribution in [-0.2, 0) is 35.4 Å². The van der Waals surface area contributed by atoms with Crippen molar-refractivity contribution in [2.45, 2.75) is 38.3 Å². The smallest absolute Gasteiger partial charge is 0.435 e. The first-order valence-electron chi connectivity index (χ1n) is 13.3. The molecule has 4 rings (SSSR count). The van der Waals surface area contributed by atoms with Gasteiger partial charge in [0.15, 0.2) is 5.69 Å². The van der Waals surface area contributed by atoms with E-state index in [0.29, 0.717) is 5.56 Å². The van der Waals surface area contributed by atoms with Gasteiger partial charge in [0.05, 0.1) is 46.2 Å². The van der Waals surface area contributed by atoms with Crippen molar-refractivity contribution in [1.29, 1.82) is 0 Å². The van der Waals surface area contributed by atoms with Gasteiger partial charge in [0.2, 0.25) is 11.2 Å². The summed E-state index contributed by atoms with van der Waals surface area (Å²) in [4.78, 5) is 28.5. The molecule has 1 amide bonds. The normalized spacial score (nSPS) is 15.8. The molecule has 13 nitrogen and oxygen atoms in total. The van der Waals surface area contributed by atoms with E-state index in [1.165, 1.54) is 12.1 Å². The molecule has 1 aliphatic rings. The topological polar surface area (TPSA) is 158 Å². The maximum Gasteiger partial charge on any atom is 0.435 e. The molecule has 3 aromatic rings. The van der Waals surface area contributed by atoms with Crippen LogP contribution in [0, 0.1) is 24.0 Å². The van der Waals surface area contributed by atoms with Gasteiger partial charge in [-0.05, 0) is 43.7 Å². The summed E-state index contributed by atoms with van der Waals surface area (Å²) in [6.45, 7) is 4.39. The number of sulfonamides is 1. The number of carbonyl (C=O) groups excluding carboxylic acids is 2. The van der Waals surface area contributed by atoms with E-state index in [2.05, 4.69) is 15.2 Å². The van der Waals surface area contributed by atoms with Crippen LogP contribution < -0.4 is 4.72 Å². The lowest BCUT2D eigenvalue weighted by Crippen LogP contribution is -2.37. The molecule has 1 unspecified atom stereocenters. The molecule has 1 fully saturated rings. The monoisotopic (exact) mass is 638 g/mol. The van der Waals surface area contributed by atoms with Crippen molar-refractivity contribution in [1.82, 2.24) is 19.5 Å². The molecule has 1 aliphatic heterocycles. The molecule has 1 aromatic heterocycles. The minimum atomic E-state index is -4.71. The summed E-state index contributed by atoms with van der Waals surface area (Å²) in [5.41, 5.74) is 0.571. The Bertz CT molecular complexity index is 1640. The fraction of sp³-hybridized carbons (Fsp3) is 0.370. The summed E-state index contributed by atoms with van der Waals surface area (Å²) in [5, 5.41) is 20.2. The van der Waals surface area contributed by atoms with Crippen LogP contribution in [0.5, 0.6) is 0 Å². The van der Waals surface area contributed by atoms with Gasteiger partial charge in [0.25, 0.3) is 16.8 Å². The third kappa shape index (κ3) is 7.64. The zero-order valence-corrected chi connectivity index (χ0v) is 24.6. The number of aryl methyl sites for hydroxylation is 1. The summed E-state index contributed by atoms with van der Waals surface area (Å²) in [5.74, 6) is -2.68. The van der Waals surface area contributed by atoms with Crippen molar-refractivity contribution < 1.29 is 45.7 Å². The number of nitrogens with one attached hydrogen (secondary N) is 1. The second-order valence-corrected chi connectivity index (χ2v) is 11.9. The lowest BCUT2D eigenvalue weighted by Gasteiger charge is -2.13. The number of carbonyl (C=O) groups is 2. The van der Waals surface area contributed by atoms with E-state index < -0.39 is 52.4 Å². The second kappa shape index (κ2) is 12.9. The standard InChI is InChI=1S/C27H29F3N6O7S/c1-17(2)26(38)42-16-43-33-36(39)34-13-12-20(15-34)25(37)32-44(40,41)22-10-8-21(9-11-22)35-23(14-24(31-35)27(28,29)30)19-6-4-18(3)5-7-19/h4-11,14,17,20H,12-13,15-16H2,1-3H3,(H,32,37)/b36-33-. The van der Waals surface area contributed by atoms with E-state index >= 15 is 0 Å². The number of hydrazine groups is 1. The van der Waals surface area contributed by atoms with Gasteiger partial charge < -0.3 is 14.8 Å². The first kappa shape index (κ1) is 32.2. The minimum Gasteiger partial charge on any atom is -0.569 e. The van der Waals surface area contributed by atoms with E-state index in [-0.39, 0.29) is 40.8 Å². The number of esters is 1. The summed E-state index contributed by atoms with van der Waals surface area (Å²) >= 11 is 0. The van der Waals surface area contributed by atoms with Gasteiger partial charge >= 0.3 is 12.1 Å². The summed E-state index contributed by atoms with van der Waals surface area (Å²) in [7, 11) is -4.37. The number of hydrogen-bond donors (Lipinski definition) is 1. The van der Waals surface area contributed by atoms with E-state index in [1.54, 1.807) is 38.1 Å². The predicted molar refractivity (Wildman–Crippen MR) is 147 cm³/mol. The molecule has 1 atom stereocenters. The molecular weight excluding hydrogens is 609 g/mol. The van der Waals surface area contributed by atoms with Crippen molar-refractivity contribution >= 4 is 21.9 Å². The number of benzene rings is 2. The Kier molecular flexibility index (Phi) is 9.46. The Morgan fingerprint density at radius 1 is 1.16 bits per heavy atom. The van der Waals surface area contributed by atoms with E-state index in [1.807, 2.05) is 11.6 Å². The number of hydrogen-bond acceptors (Lipinski definition) is 9. The number of amides is 1. The van der Waals surface area contributed by atoms with Crippen LogP contribution in [0.1, 0.15) is 31.5 Å². The van der Waals surface area contributed by atoms with Gasteiger partial charge in [0, 0.05) is 5.56 Å². The van der Waals surface area contributed by atoms with Crippen LogP contribution in [-0.4, -0.2) is 59.9 Å². The predicted octanol–water partition coefficient (Wildman–Crippen LogP) is 3.96. The maximum atomic E-state index is 13.5. The number of aromatic nitrogens is 2. The highest BCUT2D eigenvalue weighted by atomic mass is 32.2. The van der Waals surface area contributed by atoms with E-state index in [4.69, 9.17) is 4.74 Å². The molecule has 1 N–H and O–H groups in total. The number of nitrogens with zero attached hydrogens (tertiary/aromatic N) is 5. The Balaban J connectivity index is 1.43. The molecule has 44 heavy (non-hydrogen) atoms. The van der Waals surface area contributed by atoms with Crippen LogP contribution in [0.15, 0.2) is 64.8 Å². The van der Waals surface area contributed by atoms with Crippen LogP contribution in [0.3, 0.4) is 0 Å². The Morgan fingerprint density at radius 2 is 1.82 bits per heavy atom. The highest BCUT2D eigenvalue weighted by Crippen LogP contribution is 2.33. The molecule has 236 valence electrons. The van der Waals surface area contributed by atoms with Crippen molar-refractivity contribution in [2.24, 2.45) is 17.1 Å². The zero-order valence-electron chi connectivity index (χ0n) is 23.8. The van der Waals surface area contributed by atoms with E-state index in [9.17, 15) is 36.4 Å². The zero-order chi connectivity index (χ0) is 32.2. The van der Waals surface area contributed by atoms with Gasteiger partial charge in [-0.15, -0.1) is 5.01 Å². The van der Waals surface area contributed by atoms with E-state index in [0.717, 1.165) is 33.5 Å². The molecule has 0 bridgehead atoms. The molecule has 2 heterocycles. The average molecular weight is 639 g/mol. The lowest BCUT2D eigenvalue weighted by atomic mass is 10.1.